The highest BCUT2D eigenvalue weighted by atomic mass is 19.2. The molecule has 7 nitrogen and oxygen atoms in total. The summed E-state index contributed by atoms with van der Waals surface area (Å²) >= 11 is 0. The number of aryl methyl sites for hydroxylation is 1. The van der Waals surface area contributed by atoms with Crippen molar-refractivity contribution in [2.24, 2.45) is 0 Å². The summed E-state index contributed by atoms with van der Waals surface area (Å²) in [5, 5.41) is 4.39. The SMILES string of the molecule is CC(C)n1ccc(C(=O)N[C@@H](Cc2ccc(F)c(F)c2)C(=O)CCc2ccc3c(N)nccc3c2)cc1=O. The summed E-state index contributed by atoms with van der Waals surface area (Å²) in [6, 6.07) is 12.4. The molecule has 0 spiro atoms. The van der Waals surface area contributed by atoms with Crippen molar-refractivity contribution < 1.29 is 18.4 Å². The molecule has 4 aromatic rings. The Morgan fingerprint density at radius 1 is 1.00 bits per heavy atom. The van der Waals surface area contributed by atoms with E-state index in [1.54, 1.807) is 6.20 Å². The fourth-order valence-electron chi connectivity index (χ4n) is 4.29. The van der Waals surface area contributed by atoms with E-state index in [2.05, 4.69) is 10.3 Å². The lowest BCUT2D eigenvalue weighted by molar-refractivity contribution is -0.120. The van der Waals surface area contributed by atoms with Crippen LogP contribution in [0.3, 0.4) is 0 Å². The molecule has 0 unspecified atom stereocenters. The fraction of sp³-hybridized carbons (Fsp3) is 0.241. The van der Waals surface area contributed by atoms with Gasteiger partial charge in [0.05, 0.1) is 6.04 Å². The van der Waals surface area contributed by atoms with E-state index in [1.807, 2.05) is 38.1 Å². The topological polar surface area (TPSA) is 107 Å². The number of benzene rings is 2. The van der Waals surface area contributed by atoms with E-state index < -0.39 is 23.6 Å². The van der Waals surface area contributed by atoms with Crippen molar-refractivity contribution in [1.29, 1.82) is 0 Å². The number of nitrogen functional groups attached to an aromatic ring is 1. The Hall–Kier alpha value is -4.40. The monoisotopic (exact) mass is 518 g/mol. The molecule has 4 rings (SSSR count). The van der Waals surface area contributed by atoms with Gasteiger partial charge in [-0.15, -0.1) is 0 Å². The average Bonchev–Trinajstić information content (AvgIpc) is 2.88. The number of pyridine rings is 2. The number of carbonyl (C=O) groups is 2. The number of hydrogen-bond donors (Lipinski definition) is 2. The van der Waals surface area contributed by atoms with Crippen LogP contribution in [-0.2, 0) is 17.6 Å². The average molecular weight is 519 g/mol. The second-order valence-electron chi connectivity index (χ2n) is 9.45. The van der Waals surface area contributed by atoms with Gasteiger partial charge in [-0.05, 0) is 67.5 Å². The Kier molecular flexibility index (Phi) is 7.95. The maximum atomic E-state index is 13.8. The number of aromatic nitrogens is 2. The molecule has 0 saturated heterocycles. The van der Waals surface area contributed by atoms with Crippen LogP contribution in [0, 0.1) is 11.6 Å². The van der Waals surface area contributed by atoms with Crippen molar-refractivity contribution in [3.05, 3.63) is 106 Å². The summed E-state index contributed by atoms with van der Waals surface area (Å²) in [5.41, 5.74) is 6.92. The maximum Gasteiger partial charge on any atom is 0.252 e. The van der Waals surface area contributed by atoms with Crippen LogP contribution >= 0.6 is 0 Å². The molecule has 2 aromatic carbocycles. The third-order valence-electron chi connectivity index (χ3n) is 6.40. The third kappa shape index (κ3) is 6.11. The summed E-state index contributed by atoms with van der Waals surface area (Å²) in [7, 11) is 0. The van der Waals surface area contributed by atoms with Gasteiger partial charge in [0.25, 0.3) is 11.5 Å². The standard InChI is InChI=1S/C29H28F2N4O3/c1-17(2)35-12-10-21(16-27(35)37)29(38)34-25(15-19-4-7-23(30)24(31)14-19)26(36)8-5-18-3-6-22-20(13-18)9-11-33-28(22)32/h3-4,6-7,9-14,16-17,25H,5,8,15H2,1-2H3,(H2,32,33)(H,34,38)/t25-/m0/s1. The normalized spacial score (nSPS) is 12.0. The molecule has 2 aromatic heterocycles. The molecule has 196 valence electrons. The van der Waals surface area contributed by atoms with Gasteiger partial charge in [0, 0.05) is 41.9 Å². The highest BCUT2D eigenvalue weighted by Crippen LogP contribution is 2.21. The van der Waals surface area contributed by atoms with Crippen LogP contribution in [-0.4, -0.2) is 27.3 Å². The molecular weight excluding hydrogens is 490 g/mol. The zero-order valence-electron chi connectivity index (χ0n) is 21.1. The number of nitrogens with zero attached hydrogens (tertiary/aromatic N) is 2. The van der Waals surface area contributed by atoms with Gasteiger partial charge in [-0.3, -0.25) is 14.4 Å². The minimum absolute atomic E-state index is 0.0369. The van der Waals surface area contributed by atoms with E-state index in [-0.39, 0.29) is 35.8 Å². The molecule has 3 N–H and O–H groups in total. The largest absolute Gasteiger partial charge is 0.383 e. The number of rotatable bonds is 9. The molecule has 38 heavy (non-hydrogen) atoms. The summed E-state index contributed by atoms with van der Waals surface area (Å²) in [5.74, 6) is -2.51. The summed E-state index contributed by atoms with van der Waals surface area (Å²) < 4.78 is 28.8. The van der Waals surface area contributed by atoms with E-state index in [1.165, 1.54) is 29.0 Å². The Labute approximate surface area is 218 Å². The van der Waals surface area contributed by atoms with E-state index >= 15 is 0 Å². The molecular formula is C29H28F2N4O3. The van der Waals surface area contributed by atoms with Crippen molar-refractivity contribution in [3.63, 3.8) is 0 Å². The first kappa shape index (κ1) is 26.7. The quantitative estimate of drug-likeness (QED) is 0.342. The number of Topliss-reactive ketones (excluding diaryl/α,β-unsaturated/α-hetero) is 1. The van der Waals surface area contributed by atoms with Gasteiger partial charge in [-0.2, -0.15) is 0 Å². The van der Waals surface area contributed by atoms with E-state index in [0.717, 1.165) is 28.5 Å². The van der Waals surface area contributed by atoms with Crippen LogP contribution in [0.15, 0.2) is 71.8 Å². The lowest BCUT2D eigenvalue weighted by Crippen LogP contribution is -2.43. The zero-order chi connectivity index (χ0) is 27.4. The second-order valence-corrected chi connectivity index (χ2v) is 9.45. The van der Waals surface area contributed by atoms with Crippen molar-refractivity contribution in [2.45, 2.75) is 45.2 Å². The minimum Gasteiger partial charge on any atom is -0.383 e. The van der Waals surface area contributed by atoms with Crippen LogP contribution < -0.4 is 16.6 Å². The predicted molar refractivity (Wildman–Crippen MR) is 142 cm³/mol. The molecule has 0 aliphatic carbocycles. The van der Waals surface area contributed by atoms with Crippen LogP contribution in [0.25, 0.3) is 10.8 Å². The molecule has 0 bridgehead atoms. The van der Waals surface area contributed by atoms with Crippen molar-refractivity contribution >= 4 is 28.3 Å². The van der Waals surface area contributed by atoms with Crippen molar-refractivity contribution in [2.75, 3.05) is 5.73 Å². The van der Waals surface area contributed by atoms with E-state index in [0.29, 0.717) is 17.8 Å². The molecule has 0 fully saturated rings. The lowest BCUT2D eigenvalue weighted by atomic mass is 9.96. The Bertz CT molecular complexity index is 1570. The van der Waals surface area contributed by atoms with Gasteiger partial charge in [0.15, 0.2) is 17.4 Å². The molecule has 0 aliphatic heterocycles. The predicted octanol–water partition coefficient (Wildman–Crippen LogP) is 4.38. The molecule has 2 heterocycles. The molecule has 0 radical (unpaired) electrons. The van der Waals surface area contributed by atoms with Gasteiger partial charge in [0.1, 0.15) is 5.82 Å². The number of halogens is 2. The first-order valence-corrected chi connectivity index (χ1v) is 12.2. The second kappa shape index (κ2) is 11.3. The number of amides is 1. The van der Waals surface area contributed by atoms with Crippen LogP contribution in [0.4, 0.5) is 14.6 Å². The first-order chi connectivity index (χ1) is 18.1. The van der Waals surface area contributed by atoms with Crippen molar-refractivity contribution in [1.82, 2.24) is 14.9 Å². The van der Waals surface area contributed by atoms with Gasteiger partial charge < -0.3 is 15.6 Å². The number of ketones is 1. The van der Waals surface area contributed by atoms with Gasteiger partial charge in [0.2, 0.25) is 0 Å². The van der Waals surface area contributed by atoms with Gasteiger partial charge >= 0.3 is 0 Å². The number of nitrogens with one attached hydrogen (secondary N) is 1. The highest BCUT2D eigenvalue weighted by Gasteiger charge is 2.23. The first-order valence-electron chi connectivity index (χ1n) is 12.2. The fourth-order valence-corrected chi connectivity index (χ4v) is 4.29. The molecule has 1 amide bonds. The molecule has 1 atom stereocenters. The summed E-state index contributed by atoms with van der Waals surface area (Å²) in [4.78, 5) is 42.7. The number of carbonyl (C=O) groups excluding carboxylic acids is 2. The number of fused-ring (bicyclic) bond motifs is 1. The summed E-state index contributed by atoms with van der Waals surface area (Å²) in [6.07, 6.45) is 3.58. The lowest BCUT2D eigenvalue weighted by Gasteiger charge is -2.19. The summed E-state index contributed by atoms with van der Waals surface area (Å²) in [6.45, 7) is 3.69. The number of anilines is 1. The van der Waals surface area contributed by atoms with Crippen LogP contribution in [0.1, 0.15) is 47.8 Å². The van der Waals surface area contributed by atoms with Gasteiger partial charge in [-0.1, -0.05) is 24.3 Å². The maximum absolute atomic E-state index is 13.8. The number of nitrogens with two attached hydrogens (primary N) is 1. The van der Waals surface area contributed by atoms with E-state index in [9.17, 15) is 23.2 Å². The number of hydrogen-bond acceptors (Lipinski definition) is 5. The molecule has 0 saturated carbocycles. The molecule has 0 aliphatic rings. The Morgan fingerprint density at radius 3 is 2.47 bits per heavy atom. The van der Waals surface area contributed by atoms with Gasteiger partial charge in [-0.25, -0.2) is 13.8 Å². The molecule has 9 heteroatoms. The highest BCUT2D eigenvalue weighted by molar-refractivity contribution is 5.98. The smallest absolute Gasteiger partial charge is 0.252 e. The minimum atomic E-state index is -1.04. The van der Waals surface area contributed by atoms with Crippen LogP contribution in [0.2, 0.25) is 0 Å². The van der Waals surface area contributed by atoms with Crippen LogP contribution in [0.5, 0.6) is 0 Å². The Balaban J connectivity index is 1.54. The zero-order valence-corrected chi connectivity index (χ0v) is 21.1. The van der Waals surface area contributed by atoms with Crippen molar-refractivity contribution in [3.8, 4) is 0 Å². The Morgan fingerprint density at radius 2 is 1.76 bits per heavy atom. The van der Waals surface area contributed by atoms with E-state index in [4.69, 9.17) is 5.73 Å². The third-order valence-corrected chi connectivity index (χ3v) is 6.40.